The van der Waals surface area contributed by atoms with Gasteiger partial charge < -0.3 is 4.98 Å². The molecule has 0 aliphatic carbocycles. The predicted octanol–water partition coefficient (Wildman–Crippen LogP) is -0.298. The standard InChI is InChI=1S/C7H13FN6O2S/c1-3-12-6-13(17(8,15)16)14(11(12)2)7-4-9-5-10-7/h4-5H,3,6H2,1-2H3,(H,9,10). The van der Waals surface area contributed by atoms with Crippen LogP contribution >= 0.6 is 0 Å². The molecule has 0 spiro atoms. The van der Waals surface area contributed by atoms with E-state index in [4.69, 9.17) is 0 Å². The predicted molar refractivity (Wildman–Crippen MR) is 57.9 cm³/mol. The number of aromatic amines is 1. The van der Waals surface area contributed by atoms with Crippen LogP contribution in [0.15, 0.2) is 12.5 Å². The summed E-state index contributed by atoms with van der Waals surface area (Å²) in [6, 6.07) is 0. The van der Waals surface area contributed by atoms with Crippen LogP contribution in [0.5, 0.6) is 0 Å². The van der Waals surface area contributed by atoms with Crippen LogP contribution in [0.2, 0.25) is 0 Å². The first-order valence-electron chi connectivity index (χ1n) is 4.94. The quantitative estimate of drug-likeness (QED) is 0.756. The molecule has 0 saturated carbocycles. The Morgan fingerprint density at radius 1 is 1.59 bits per heavy atom. The lowest BCUT2D eigenvalue weighted by molar-refractivity contribution is 0.0503. The molecule has 1 aliphatic rings. The van der Waals surface area contributed by atoms with Crippen molar-refractivity contribution in [3.63, 3.8) is 0 Å². The molecule has 0 radical (unpaired) electrons. The Labute approximate surface area is 98.5 Å². The Balaban J connectivity index is 2.38. The zero-order chi connectivity index (χ0) is 12.6. The normalized spacial score (nSPS) is 20.3. The Morgan fingerprint density at radius 2 is 2.29 bits per heavy atom. The number of imidazole rings is 1. The minimum atomic E-state index is -4.83. The molecule has 0 amide bonds. The lowest BCUT2D eigenvalue weighted by Crippen LogP contribution is -2.46. The highest BCUT2D eigenvalue weighted by atomic mass is 32.3. The number of hydrogen-bond acceptors (Lipinski definition) is 6. The zero-order valence-corrected chi connectivity index (χ0v) is 10.2. The molecule has 2 heterocycles. The molecule has 96 valence electrons. The van der Waals surface area contributed by atoms with Crippen molar-refractivity contribution < 1.29 is 12.3 Å². The van der Waals surface area contributed by atoms with Crippen molar-refractivity contribution in [3.8, 4) is 0 Å². The maximum Gasteiger partial charge on any atom is 0.394 e. The van der Waals surface area contributed by atoms with Gasteiger partial charge in [0.2, 0.25) is 0 Å². The fourth-order valence-corrected chi connectivity index (χ4v) is 2.30. The average Bonchev–Trinajstić information content (AvgIpc) is 2.82. The van der Waals surface area contributed by atoms with Gasteiger partial charge in [0.1, 0.15) is 6.67 Å². The minimum Gasteiger partial charge on any atom is -0.329 e. The molecule has 17 heavy (non-hydrogen) atoms. The molecule has 0 atom stereocenters. The van der Waals surface area contributed by atoms with E-state index in [1.807, 2.05) is 6.92 Å². The maximum atomic E-state index is 13.2. The van der Waals surface area contributed by atoms with E-state index in [0.29, 0.717) is 16.8 Å². The number of aromatic nitrogens is 2. The highest BCUT2D eigenvalue weighted by Gasteiger charge is 2.41. The van der Waals surface area contributed by atoms with E-state index < -0.39 is 10.4 Å². The van der Waals surface area contributed by atoms with Crippen LogP contribution in [-0.2, 0) is 10.4 Å². The summed E-state index contributed by atoms with van der Waals surface area (Å²) >= 11 is 0. The third-order valence-electron chi connectivity index (χ3n) is 2.50. The lowest BCUT2D eigenvalue weighted by atomic mass is 10.7. The smallest absolute Gasteiger partial charge is 0.329 e. The van der Waals surface area contributed by atoms with E-state index in [1.54, 1.807) is 12.1 Å². The highest BCUT2D eigenvalue weighted by Crippen LogP contribution is 2.25. The zero-order valence-electron chi connectivity index (χ0n) is 9.41. The molecule has 8 nitrogen and oxygen atoms in total. The van der Waals surface area contributed by atoms with Gasteiger partial charge >= 0.3 is 10.4 Å². The molecular formula is C7H13FN6O2S. The van der Waals surface area contributed by atoms with Crippen molar-refractivity contribution in [2.45, 2.75) is 6.92 Å². The monoisotopic (exact) mass is 264 g/mol. The summed E-state index contributed by atoms with van der Waals surface area (Å²) in [7, 11) is -3.19. The Morgan fingerprint density at radius 3 is 2.76 bits per heavy atom. The maximum absolute atomic E-state index is 13.2. The second kappa shape index (κ2) is 4.22. The number of hydrogen-bond donors (Lipinski definition) is 1. The molecular weight excluding hydrogens is 251 g/mol. The summed E-state index contributed by atoms with van der Waals surface area (Å²) in [4.78, 5) is 6.51. The summed E-state index contributed by atoms with van der Waals surface area (Å²) in [5, 5.41) is 4.33. The first-order chi connectivity index (χ1) is 7.95. The molecule has 1 N–H and O–H groups in total. The Kier molecular flexibility index (Phi) is 3.03. The number of halogens is 1. The van der Waals surface area contributed by atoms with Crippen LogP contribution in [0, 0.1) is 0 Å². The van der Waals surface area contributed by atoms with Crippen molar-refractivity contribution in [3.05, 3.63) is 12.5 Å². The summed E-state index contributed by atoms with van der Waals surface area (Å²) in [6.07, 6.45) is 2.80. The second-order valence-electron chi connectivity index (χ2n) is 3.44. The molecule has 0 bridgehead atoms. The van der Waals surface area contributed by atoms with Crippen molar-refractivity contribution in [2.24, 2.45) is 0 Å². The molecule has 1 aromatic rings. The van der Waals surface area contributed by atoms with E-state index in [1.165, 1.54) is 22.8 Å². The van der Waals surface area contributed by atoms with Crippen molar-refractivity contribution in [1.29, 1.82) is 0 Å². The Hall–Kier alpha value is -1.23. The summed E-state index contributed by atoms with van der Waals surface area (Å²) in [5.41, 5.74) is 0. The highest BCUT2D eigenvalue weighted by molar-refractivity contribution is 7.84. The summed E-state index contributed by atoms with van der Waals surface area (Å²) < 4.78 is 36.0. The molecule has 2 rings (SSSR count). The molecule has 10 heteroatoms. The molecule has 1 fully saturated rings. The fourth-order valence-electron chi connectivity index (χ4n) is 1.66. The molecule has 1 aliphatic heterocycles. The SMILES string of the molecule is CCN1CN(S(=O)(=O)F)N(c2cnc[nH]2)N1C. The topological polar surface area (TPSA) is 75.8 Å². The number of H-pyrrole nitrogens is 1. The lowest BCUT2D eigenvalue weighted by Gasteiger charge is -2.29. The van der Waals surface area contributed by atoms with E-state index >= 15 is 0 Å². The first-order valence-corrected chi connectivity index (χ1v) is 6.28. The molecule has 0 aromatic carbocycles. The van der Waals surface area contributed by atoms with Gasteiger partial charge in [-0.15, -0.1) is 5.12 Å². The summed E-state index contributed by atoms with van der Waals surface area (Å²) in [5.74, 6) is 0.365. The van der Waals surface area contributed by atoms with Crippen LogP contribution in [0.25, 0.3) is 0 Å². The Bertz CT molecular complexity index is 477. The largest absolute Gasteiger partial charge is 0.394 e. The van der Waals surface area contributed by atoms with Crippen molar-refractivity contribution >= 4 is 16.2 Å². The van der Waals surface area contributed by atoms with Gasteiger partial charge in [-0.2, -0.15) is 13.5 Å². The van der Waals surface area contributed by atoms with Gasteiger partial charge in [0.15, 0.2) is 5.82 Å². The minimum absolute atomic E-state index is 0.0785. The van der Waals surface area contributed by atoms with Gasteiger partial charge in [0.25, 0.3) is 0 Å². The van der Waals surface area contributed by atoms with E-state index in [0.717, 1.165) is 0 Å². The van der Waals surface area contributed by atoms with Gasteiger partial charge in [0, 0.05) is 13.6 Å². The van der Waals surface area contributed by atoms with Crippen molar-refractivity contribution in [2.75, 3.05) is 25.4 Å². The number of hydrazine groups is 3. The number of anilines is 1. The van der Waals surface area contributed by atoms with Crippen LogP contribution in [0.4, 0.5) is 9.70 Å². The number of nitrogens with zero attached hydrogens (tertiary/aromatic N) is 5. The molecule has 0 unspecified atom stereocenters. The van der Waals surface area contributed by atoms with Gasteiger partial charge in [-0.05, 0) is 0 Å². The fraction of sp³-hybridized carbons (Fsp3) is 0.571. The van der Waals surface area contributed by atoms with Crippen LogP contribution < -0.4 is 5.12 Å². The van der Waals surface area contributed by atoms with Crippen molar-refractivity contribution in [1.82, 2.24) is 24.5 Å². The molecule has 1 aromatic heterocycles. The van der Waals surface area contributed by atoms with Gasteiger partial charge in [-0.1, -0.05) is 15.2 Å². The summed E-state index contributed by atoms with van der Waals surface area (Å²) in [6.45, 7) is 2.31. The van der Waals surface area contributed by atoms with Crippen LogP contribution in [0.1, 0.15) is 6.92 Å². The van der Waals surface area contributed by atoms with Gasteiger partial charge in [-0.3, -0.25) is 0 Å². The third-order valence-corrected chi connectivity index (χ3v) is 3.27. The second-order valence-corrected chi connectivity index (χ2v) is 4.69. The number of nitrogens with one attached hydrogen (secondary N) is 1. The van der Waals surface area contributed by atoms with Gasteiger partial charge in [-0.25, -0.2) is 9.99 Å². The van der Waals surface area contributed by atoms with E-state index in [2.05, 4.69) is 9.97 Å². The third kappa shape index (κ3) is 2.11. The van der Waals surface area contributed by atoms with Gasteiger partial charge in [0.05, 0.1) is 12.5 Å². The van der Waals surface area contributed by atoms with Crippen LogP contribution in [0.3, 0.4) is 0 Å². The van der Waals surface area contributed by atoms with E-state index in [9.17, 15) is 12.3 Å². The van der Waals surface area contributed by atoms with Crippen LogP contribution in [-0.4, -0.2) is 53.2 Å². The average molecular weight is 264 g/mol. The van der Waals surface area contributed by atoms with E-state index in [-0.39, 0.29) is 6.67 Å². The number of rotatable bonds is 3. The molecule has 1 saturated heterocycles. The first kappa shape index (κ1) is 12.2.